The third-order valence-electron chi connectivity index (χ3n) is 1.72. The average molecular weight is 207 g/mol. The molecule has 0 saturated carbocycles. The van der Waals surface area contributed by atoms with Gasteiger partial charge in [0, 0.05) is 12.8 Å². The fourth-order valence-electron chi connectivity index (χ4n) is 1.12. The molecule has 15 heavy (non-hydrogen) atoms. The van der Waals surface area contributed by atoms with Crippen molar-refractivity contribution in [1.29, 1.82) is 0 Å². The lowest BCUT2D eigenvalue weighted by atomic mass is 10.2. The monoisotopic (exact) mass is 207 g/mol. The van der Waals surface area contributed by atoms with Crippen molar-refractivity contribution in [3.8, 4) is 0 Å². The lowest BCUT2D eigenvalue weighted by Gasteiger charge is -2.03. The zero-order valence-electron chi connectivity index (χ0n) is 8.53. The molecule has 0 bridgehead atoms. The first kappa shape index (κ1) is 11.4. The number of para-hydroxylation sites is 1. The number of rotatable bonds is 5. The van der Waals surface area contributed by atoms with Crippen LogP contribution >= 0.6 is 0 Å². The van der Waals surface area contributed by atoms with E-state index in [-0.39, 0.29) is 24.7 Å². The summed E-state index contributed by atoms with van der Waals surface area (Å²) in [5.41, 5.74) is 0.688. The molecule has 1 aromatic rings. The molecule has 0 atom stereocenters. The second-order valence-electron chi connectivity index (χ2n) is 3.06. The Labute approximate surface area is 88.2 Å². The Bertz CT molecular complexity index is 335. The molecular weight excluding hydrogens is 194 g/mol. The van der Waals surface area contributed by atoms with Crippen molar-refractivity contribution >= 4 is 17.4 Å². The van der Waals surface area contributed by atoms with Gasteiger partial charge in [-0.05, 0) is 12.1 Å². The summed E-state index contributed by atoms with van der Waals surface area (Å²) >= 11 is 0. The Balaban J connectivity index is 2.40. The van der Waals surface area contributed by atoms with Crippen LogP contribution in [0.4, 0.5) is 5.69 Å². The third kappa shape index (κ3) is 4.37. The lowest BCUT2D eigenvalue weighted by Crippen LogP contribution is -2.18. The van der Waals surface area contributed by atoms with Gasteiger partial charge >= 0.3 is 0 Å². The molecule has 1 aromatic carbocycles. The van der Waals surface area contributed by atoms with Crippen LogP contribution in [0.25, 0.3) is 0 Å². The van der Waals surface area contributed by atoms with Crippen molar-refractivity contribution in [3.63, 3.8) is 0 Å². The molecule has 1 rings (SSSR count). The van der Waals surface area contributed by atoms with Gasteiger partial charge in [-0.1, -0.05) is 18.2 Å². The van der Waals surface area contributed by atoms with Gasteiger partial charge in [-0.15, -0.1) is 0 Å². The summed E-state index contributed by atoms with van der Waals surface area (Å²) in [6.07, 6.45) is -0.150. The molecule has 0 aliphatic heterocycles. The number of Topliss-reactive ketones (excluding diaryl/α,β-unsaturated/α-hetero) is 1. The van der Waals surface area contributed by atoms with Crippen LogP contribution in [-0.4, -0.2) is 25.4 Å². The number of carbonyl (C=O) groups excluding carboxylic acids is 2. The predicted molar refractivity (Wildman–Crippen MR) is 56.6 cm³/mol. The number of hydrogen-bond acceptors (Lipinski definition) is 3. The van der Waals surface area contributed by atoms with Crippen LogP contribution in [0.3, 0.4) is 0 Å². The number of amides is 1. The van der Waals surface area contributed by atoms with Crippen molar-refractivity contribution in [2.45, 2.75) is 6.42 Å². The van der Waals surface area contributed by atoms with Crippen LogP contribution in [0.15, 0.2) is 30.3 Å². The first-order valence-electron chi connectivity index (χ1n) is 4.58. The molecule has 4 heteroatoms. The third-order valence-corrected chi connectivity index (χ3v) is 1.72. The highest BCUT2D eigenvalue weighted by Gasteiger charge is 2.08. The SMILES string of the molecule is COCC(=O)CC(=O)Nc1ccccc1. The quantitative estimate of drug-likeness (QED) is 0.739. The van der Waals surface area contributed by atoms with Gasteiger partial charge in [0.1, 0.15) is 6.61 Å². The highest BCUT2D eigenvalue weighted by Crippen LogP contribution is 2.05. The number of benzene rings is 1. The highest BCUT2D eigenvalue weighted by molar-refractivity contribution is 6.04. The molecule has 0 unspecified atom stereocenters. The normalized spacial score (nSPS) is 9.67. The second kappa shape index (κ2) is 5.93. The van der Waals surface area contributed by atoms with E-state index < -0.39 is 0 Å². The van der Waals surface area contributed by atoms with Gasteiger partial charge in [-0.25, -0.2) is 0 Å². The number of nitrogens with one attached hydrogen (secondary N) is 1. The molecule has 0 saturated heterocycles. The first-order chi connectivity index (χ1) is 7.22. The van der Waals surface area contributed by atoms with E-state index in [1.54, 1.807) is 12.1 Å². The standard InChI is InChI=1S/C11H13NO3/c1-15-8-10(13)7-11(14)12-9-5-3-2-4-6-9/h2-6H,7-8H2,1H3,(H,12,14). The predicted octanol–water partition coefficient (Wildman–Crippen LogP) is 1.23. The molecule has 0 aliphatic carbocycles. The molecule has 0 spiro atoms. The molecule has 0 aromatic heterocycles. The van der Waals surface area contributed by atoms with Gasteiger partial charge in [-0.2, -0.15) is 0 Å². The Morgan fingerprint density at radius 3 is 2.53 bits per heavy atom. The Kier molecular flexibility index (Phi) is 4.50. The molecule has 0 radical (unpaired) electrons. The van der Waals surface area contributed by atoms with Gasteiger partial charge in [-0.3, -0.25) is 9.59 Å². The molecule has 1 N–H and O–H groups in total. The zero-order chi connectivity index (χ0) is 11.1. The van der Waals surface area contributed by atoms with Crippen LogP contribution in [0.5, 0.6) is 0 Å². The molecule has 4 nitrogen and oxygen atoms in total. The fraction of sp³-hybridized carbons (Fsp3) is 0.273. The van der Waals surface area contributed by atoms with Gasteiger partial charge in [0.05, 0.1) is 6.42 Å². The Hall–Kier alpha value is -1.68. The van der Waals surface area contributed by atoms with Gasteiger partial charge < -0.3 is 10.1 Å². The van der Waals surface area contributed by atoms with Crippen LogP contribution in [0.2, 0.25) is 0 Å². The van der Waals surface area contributed by atoms with E-state index in [4.69, 9.17) is 0 Å². The smallest absolute Gasteiger partial charge is 0.231 e. The summed E-state index contributed by atoms with van der Waals surface area (Å²) in [6.45, 7) is -0.0256. The topological polar surface area (TPSA) is 55.4 Å². The van der Waals surface area contributed by atoms with Gasteiger partial charge in [0.2, 0.25) is 5.91 Å². The summed E-state index contributed by atoms with van der Waals surface area (Å²) in [6, 6.07) is 9.00. The van der Waals surface area contributed by atoms with E-state index in [1.165, 1.54) is 7.11 Å². The van der Waals surface area contributed by atoms with E-state index >= 15 is 0 Å². The van der Waals surface area contributed by atoms with E-state index in [2.05, 4.69) is 10.1 Å². The maximum absolute atomic E-state index is 11.3. The summed E-state index contributed by atoms with van der Waals surface area (Å²) < 4.78 is 4.63. The number of hydrogen-bond donors (Lipinski definition) is 1. The molecular formula is C11H13NO3. The van der Waals surface area contributed by atoms with Crippen molar-refractivity contribution < 1.29 is 14.3 Å². The van der Waals surface area contributed by atoms with Crippen LogP contribution in [0.1, 0.15) is 6.42 Å². The maximum atomic E-state index is 11.3. The van der Waals surface area contributed by atoms with Crippen molar-refractivity contribution in [1.82, 2.24) is 0 Å². The zero-order valence-corrected chi connectivity index (χ0v) is 8.53. The average Bonchev–Trinajstić information content (AvgIpc) is 2.19. The molecule has 80 valence electrons. The van der Waals surface area contributed by atoms with Gasteiger partial charge in [0.15, 0.2) is 5.78 Å². The first-order valence-corrected chi connectivity index (χ1v) is 4.58. The summed E-state index contributed by atoms with van der Waals surface area (Å²) in [7, 11) is 1.42. The number of anilines is 1. The van der Waals surface area contributed by atoms with Crippen molar-refractivity contribution in [2.24, 2.45) is 0 Å². The number of carbonyl (C=O) groups is 2. The lowest BCUT2D eigenvalue weighted by molar-refractivity contribution is -0.127. The van der Waals surface area contributed by atoms with E-state index in [9.17, 15) is 9.59 Å². The highest BCUT2D eigenvalue weighted by atomic mass is 16.5. The van der Waals surface area contributed by atoms with Crippen LogP contribution in [-0.2, 0) is 14.3 Å². The Morgan fingerprint density at radius 1 is 1.27 bits per heavy atom. The van der Waals surface area contributed by atoms with E-state index in [1.807, 2.05) is 18.2 Å². The van der Waals surface area contributed by atoms with E-state index in [0.29, 0.717) is 5.69 Å². The molecule has 1 amide bonds. The van der Waals surface area contributed by atoms with Crippen molar-refractivity contribution in [3.05, 3.63) is 30.3 Å². The van der Waals surface area contributed by atoms with E-state index in [0.717, 1.165) is 0 Å². The molecule has 0 aliphatic rings. The number of ketones is 1. The number of methoxy groups -OCH3 is 1. The van der Waals surface area contributed by atoms with Crippen molar-refractivity contribution in [2.75, 3.05) is 19.0 Å². The van der Waals surface area contributed by atoms with Crippen LogP contribution < -0.4 is 5.32 Å². The van der Waals surface area contributed by atoms with Gasteiger partial charge in [0.25, 0.3) is 0 Å². The molecule has 0 heterocycles. The minimum Gasteiger partial charge on any atom is -0.377 e. The summed E-state index contributed by atoms with van der Waals surface area (Å²) in [5.74, 6) is -0.547. The minimum atomic E-state index is -0.316. The number of ether oxygens (including phenoxy) is 1. The largest absolute Gasteiger partial charge is 0.377 e. The summed E-state index contributed by atoms with van der Waals surface area (Å²) in [4.78, 5) is 22.4. The van der Waals surface area contributed by atoms with Crippen LogP contribution in [0, 0.1) is 0 Å². The summed E-state index contributed by atoms with van der Waals surface area (Å²) in [5, 5.41) is 2.62. The maximum Gasteiger partial charge on any atom is 0.231 e. The second-order valence-corrected chi connectivity index (χ2v) is 3.06. The fourth-order valence-corrected chi connectivity index (χ4v) is 1.12. The molecule has 0 fully saturated rings. The minimum absolute atomic E-state index is 0.0256. The Morgan fingerprint density at radius 2 is 1.93 bits per heavy atom.